The van der Waals surface area contributed by atoms with Gasteiger partial charge < -0.3 is 9.64 Å². The maximum atomic E-state index is 12.7. The van der Waals surface area contributed by atoms with E-state index in [1.165, 1.54) is 0 Å². The van der Waals surface area contributed by atoms with Crippen LogP contribution in [-0.2, 0) is 11.2 Å². The van der Waals surface area contributed by atoms with Gasteiger partial charge in [0.2, 0.25) is 5.91 Å². The minimum atomic E-state index is 0.212. The maximum absolute atomic E-state index is 12.7. The number of methoxy groups -OCH3 is 1. The molecule has 1 aromatic carbocycles. The van der Waals surface area contributed by atoms with Crippen LogP contribution in [0.3, 0.4) is 0 Å². The summed E-state index contributed by atoms with van der Waals surface area (Å²) in [5.74, 6) is 2.24. The third-order valence-electron chi connectivity index (χ3n) is 5.27. The van der Waals surface area contributed by atoms with Gasteiger partial charge in [-0.2, -0.15) is 0 Å². The van der Waals surface area contributed by atoms with Crippen LogP contribution in [0, 0.1) is 0 Å². The number of aromatic nitrogens is 3. The smallest absolute Gasteiger partial charge is 0.222 e. The third kappa shape index (κ3) is 3.79. The molecule has 1 unspecified atom stereocenters. The van der Waals surface area contributed by atoms with Crippen LogP contribution in [-0.4, -0.2) is 45.6 Å². The third-order valence-corrected chi connectivity index (χ3v) is 5.27. The summed E-state index contributed by atoms with van der Waals surface area (Å²) in [4.78, 5) is 14.7. The van der Waals surface area contributed by atoms with Crippen LogP contribution in [0.1, 0.15) is 36.6 Å². The first-order valence-corrected chi connectivity index (χ1v) is 9.45. The molecule has 0 N–H and O–H groups in total. The summed E-state index contributed by atoms with van der Waals surface area (Å²) in [7, 11) is 1.66. The number of amides is 1. The van der Waals surface area contributed by atoms with Crippen molar-refractivity contribution in [2.45, 2.75) is 31.6 Å². The lowest BCUT2D eigenvalue weighted by Crippen LogP contribution is -2.39. The lowest BCUT2D eigenvalue weighted by molar-refractivity contribution is -0.132. The van der Waals surface area contributed by atoms with Crippen molar-refractivity contribution in [1.82, 2.24) is 19.5 Å². The highest BCUT2D eigenvalue weighted by molar-refractivity contribution is 5.76. The molecule has 3 heterocycles. The van der Waals surface area contributed by atoms with Crippen molar-refractivity contribution in [3.63, 3.8) is 0 Å². The molecule has 1 saturated heterocycles. The molecule has 0 spiro atoms. The Labute approximate surface area is 158 Å². The zero-order valence-corrected chi connectivity index (χ0v) is 15.5. The topological polar surface area (TPSA) is 59.7 Å². The molecule has 1 aliphatic rings. The number of ether oxygens (including phenoxy) is 1. The molecule has 6 nitrogen and oxygen atoms in total. The normalized spacial score (nSPS) is 17.2. The Morgan fingerprint density at radius 2 is 2.04 bits per heavy atom. The van der Waals surface area contributed by atoms with Crippen molar-refractivity contribution in [1.29, 1.82) is 0 Å². The van der Waals surface area contributed by atoms with E-state index in [2.05, 4.69) is 10.2 Å². The largest absolute Gasteiger partial charge is 0.497 e. The molecule has 0 radical (unpaired) electrons. The van der Waals surface area contributed by atoms with Gasteiger partial charge in [0.15, 0.2) is 5.65 Å². The van der Waals surface area contributed by atoms with Gasteiger partial charge in [0.1, 0.15) is 11.6 Å². The van der Waals surface area contributed by atoms with Gasteiger partial charge in [-0.1, -0.05) is 18.2 Å². The number of nitrogens with zero attached hydrogens (tertiary/aromatic N) is 4. The molecule has 27 heavy (non-hydrogen) atoms. The number of aryl methyl sites for hydroxylation is 1. The SMILES string of the molecule is COc1ccc(CCC(=O)N2CCCC(c3nnc4ccccn34)C2)cc1. The molecule has 1 fully saturated rings. The monoisotopic (exact) mass is 364 g/mol. The summed E-state index contributed by atoms with van der Waals surface area (Å²) in [5, 5.41) is 8.64. The molecule has 0 aliphatic carbocycles. The first kappa shape index (κ1) is 17.5. The highest BCUT2D eigenvalue weighted by Crippen LogP contribution is 2.26. The highest BCUT2D eigenvalue weighted by atomic mass is 16.5. The number of carbonyl (C=O) groups is 1. The van der Waals surface area contributed by atoms with Crippen LogP contribution in [0.15, 0.2) is 48.7 Å². The van der Waals surface area contributed by atoms with Gasteiger partial charge >= 0.3 is 0 Å². The Balaban J connectivity index is 1.39. The average molecular weight is 364 g/mol. The number of fused-ring (bicyclic) bond motifs is 1. The van der Waals surface area contributed by atoms with Gasteiger partial charge in [0.05, 0.1) is 7.11 Å². The van der Waals surface area contributed by atoms with Crippen LogP contribution in [0.25, 0.3) is 5.65 Å². The van der Waals surface area contributed by atoms with Gasteiger partial charge in [-0.05, 0) is 49.1 Å². The summed E-state index contributed by atoms with van der Waals surface area (Å²) in [5.41, 5.74) is 2.01. The molecular formula is C21H24N4O2. The molecule has 0 bridgehead atoms. The van der Waals surface area contributed by atoms with Crippen molar-refractivity contribution in [2.24, 2.45) is 0 Å². The summed E-state index contributed by atoms with van der Waals surface area (Å²) in [6, 6.07) is 13.8. The molecule has 6 heteroatoms. The number of hydrogen-bond donors (Lipinski definition) is 0. The predicted octanol–water partition coefficient (Wildman–Crippen LogP) is 3.08. The number of likely N-dealkylation sites (tertiary alicyclic amines) is 1. The quantitative estimate of drug-likeness (QED) is 0.698. The van der Waals surface area contributed by atoms with E-state index < -0.39 is 0 Å². The van der Waals surface area contributed by atoms with E-state index >= 15 is 0 Å². The summed E-state index contributed by atoms with van der Waals surface area (Å²) < 4.78 is 7.22. The molecule has 1 amide bonds. The second-order valence-electron chi connectivity index (χ2n) is 7.01. The minimum absolute atomic E-state index is 0.212. The molecular weight excluding hydrogens is 340 g/mol. The maximum Gasteiger partial charge on any atom is 0.222 e. The molecule has 4 rings (SSSR count). The average Bonchev–Trinajstić information content (AvgIpc) is 3.16. The summed E-state index contributed by atoms with van der Waals surface area (Å²) in [6.45, 7) is 1.55. The summed E-state index contributed by atoms with van der Waals surface area (Å²) >= 11 is 0. The van der Waals surface area contributed by atoms with Crippen molar-refractivity contribution in [2.75, 3.05) is 20.2 Å². The molecule has 1 atom stereocenters. The van der Waals surface area contributed by atoms with Crippen LogP contribution < -0.4 is 4.74 Å². The van der Waals surface area contributed by atoms with E-state index in [1.807, 2.05) is 58.0 Å². The second-order valence-corrected chi connectivity index (χ2v) is 7.01. The van der Waals surface area contributed by atoms with Crippen molar-refractivity contribution in [3.05, 3.63) is 60.0 Å². The Bertz CT molecular complexity index is 919. The fraction of sp³-hybridized carbons (Fsp3) is 0.381. The number of pyridine rings is 1. The van der Waals surface area contributed by atoms with Crippen molar-refractivity contribution >= 4 is 11.6 Å². The standard InChI is InChI=1S/C21H24N4O2/c1-27-18-10-7-16(8-11-18)9-12-20(26)24-13-4-5-17(15-24)21-23-22-19-6-2-3-14-25(19)21/h2-3,6-8,10-11,14,17H,4-5,9,12-13,15H2,1H3. The van der Waals surface area contributed by atoms with Crippen LogP contribution in [0.2, 0.25) is 0 Å². The Morgan fingerprint density at radius 3 is 2.85 bits per heavy atom. The summed E-state index contributed by atoms with van der Waals surface area (Å²) in [6.07, 6.45) is 5.31. The fourth-order valence-corrected chi connectivity index (χ4v) is 3.75. The number of carbonyl (C=O) groups excluding carboxylic acids is 1. The Kier molecular flexibility index (Phi) is 5.05. The van der Waals surface area contributed by atoms with Crippen molar-refractivity contribution in [3.8, 4) is 5.75 Å². The second kappa shape index (κ2) is 7.78. The van der Waals surface area contributed by atoms with E-state index in [4.69, 9.17) is 4.74 Å². The fourth-order valence-electron chi connectivity index (χ4n) is 3.75. The molecule has 0 saturated carbocycles. The van der Waals surface area contributed by atoms with Gasteiger partial charge in [0, 0.05) is 31.6 Å². The predicted molar refractivity (Wildman–Crippen MR) is 103 cm³/mol. The number of hydrogen-bond acceptors (Lipinski definition) is 4. The highest BCUT2D eigenvalue weighted by Gasteiger charge is 2.27. The lowest BCUT2D eigenvalue weighted by Gasteiger charge is -2.32. The van der Waals surface area contributed by atoms with E-state index in [0.29, 0.717) is 6.42 Å². The molecule has 1 aliphatic heterocycles. The number of benzene rings is 1. The van der Waals surface area contributed by atoms with E-state index in [1.54, 1.807) is 7.11 Å². The lowest BCUT2D eigenvalue weighted by atomic mass is 9.96. The number of piperidine rings is 1. The van der Waals surface area contributed by atoms with Crippen molar-refractivity contribution < 1.29 is 9.53 Å². The van der Waals surface area contributed by atoms with E-state index in [0.717, 1.165) is 55.1 Å². The zero-order chi connectivity index (χ0) is 18.6. The van der Waals surface area contributed by atoms with Crippen LogP contribution in [0.4, 0.5) is 0 Å². The molecule has 3 aromatic rings. The minimum Gasteiger partial charge on any atom is -0.497 e. The van der Waals surface area contributed by atoms with E-state index in [-0.39, 0.29) is 11.8 Å². The first-order chi connectivity index (χ1) is 13.2. The van der Waals surface area contributed by atoms with Gasteiger partial charge in [-0.15, -0.1) is 10.2 Å². The van der Waals surface area contributed by atoms with Crippen LogP contribution >= 0.6 is 0 Å². The Morgan fingerprint density at radius 1 is 1.19 bits per heavy atom. The van der Waals surface area contributed by atoms with Gasteiger partial charge in [0.25, 0.3) is 0 Å². The number of rotatable bonds is 5. The van der Waals surface area contributed by atoms with Crippen LogP contribution in [0.5, 0.6) is 5.75 Å². The zero-order valence-electron chi connectivity index (χ0n) is 15.5. The first-order valence-electron chi connectivity index (χ1n) is 9.45. The van der Waals surface area contributed by atoms with Gasteiger partial charge in [-0.25, -0.2) is 0 Å². The Hall–Kier alpha value is -2.89. The molecule has 140 valence electrons. The molecule has 2 aromatic heterocycles. The van der Waals surface area contributed by atoms with E-state index in [9.17, 15) is 4.79 Å². The van der Waals surface area contributed by atoms with Gasteiger partial charge in [-0.3, -0.25) is 9.20 Å².